The summed E-state index contributed by atoms with van der Waals surface area (Å²) in [5, 5.41) is 2.61. The SMILES string of the molecule is COc1cc(C=C2SC(=S)NC2=O)ccc1OCCOc1ccc(C2CCCCC2)cc1. The van der Waals surface area contributed by atoms with E-state index in [2.05, 4.69) is 29.6 Å². The quantitative estimate of drug-likeness (QED) is 0.305. The Balaban J connectivity index is 1.28. The van der Waals surface area contributed by atoms with Crippen LogP contribution in [-0.2, 0) is 4.79 Å². The second-order valence-electron chi connectivity index (χ2n) is 7.86. The number of hydrogen-bond donors (Lipinski definition) is 1. The molecule has 2 aromatic rings. The van der Waals surface area contributed by atoms with Crippen LogP contribution < -0.4 is 19.5 Å². The number of carbonyl (C=O) groups excluding carboxylic acids is 1. The van der Waals surface area contributed by atoms with E-state index in [-0.39, 0.29) is 5.91 Å². The van der Waals surface area contributed by atoms with Gasteiger partial charge in [0.25, 0.3) is 5.91 Å². The summed E-state index contributed by atoms with van der Waals surface area (Å²) in [5.74, 6) is 2.60. The molecule has 0 unspecified atom stereocenters. The Hall–Kier alpha value is -2.51. The van der Waals surface area contributed by atoms with Gasteiger partial charge in [-0.3, -0.25) is 4.79 Å². The molecule has 2 aromatic carbocycles. The number of nitrogens with one attached hydrogen (secondary N) is 1. The van der Waals surface area contributed by atoms with Crippen molar-refractivity contribution >= 4 is 40.3 Å². The maximum absolute atomic E-state index is 11.8. The molecule has 0 atom stereocenters. The van der Waals surface area contributed by atoms with E-state index in [4.69, 9.17) is 26.4 Å². The van der Waals surface area contributed by atoms with Crippen molar-refractivity contribution < 1.29 is 19.0 Å². The van der Waals surface area contributed by atoms with Crippen molar-refractivity contribution in [3.05, 3.63) is 58.5 Å². The maximum atomic E-state index is 11.8. The summed E-state index contributed by atoms with van der Waals surface area (Å²) >= 11 is 6.28. The highest BCUT2D eigenvalue weighted by Gasteiger charge is 2.22. The Kier molecular flexibility index (Phi) is 7.71. The lowest BCUT2D eigenvalue weighted by Crippen LogP contribution is -2.17. The van der Waals surface area contributed by atoms with E-state index in [1.807, 2.05) is 18.2 Å². The van der Waals surface area contributed by atoms with Gasteiger partial charge in [0.05, 0.1) is 12.0 Å². The Morgan fingerprint density at radius 1 is 1.03 bits per heavy atom. The summed E-state index contributed by atoms with van der Waals surface area (Å²) in [6, 6.07) is 14.0. The molecule has 0 radical (unpaired) electrons. The van der Waals surface area contributed by atoms with Gasteiger partial charge >= 0.3 is 0 Å². The highest BCUT2D eigenvalue weighted by molar-refractivity contribution is 8.26. The van der Waals surface area contributed by atoms with Crippen molar-refractivity contribution in [1.29, 1.82) is 0 Å². The average molecular weight is 470 g/mol. The number of thioether (sulfide) groups is 1. The highest BCUT2D eigenvalue weighted by atomic mass is 32.2. The second kappa shape index (κ2) is 10.9. The number of thiocarbonyl (C=S) groups is 1. The van der Waals surface area contributed by atoms with Gasteiger partial charge in [-0.05, 0) is 60.2 Å². The van der Waals surface area contributed by atoms with Gasteiger partial charge < -0.3 is 19.5 Å². The number of rotatable bonds is 8. The molecule has 1 aliphatic heterocycles. The van der Waals surface area contributed by atoms with Gasteiger partial charge in [-0.15, -0.1) is 0 Å². The largest absolute Gasteiger partial charge is 0.493 e. The van der Waals surface area contributed by atoms with Crippen molar-refractivity contribution in [3.63, 3.8) is 0 Å². The molecule has 1 aliphatic carbocycles. The smallest absolute Gasteiger partial charge is 0.263 e. The van der Waals surface area contributed by atoms with Crippen molar-refractivity contribution in [3.8, 4) is 17.2 Å². The van der Waals surface area contributed by atoms with E-state index in [1.54, 1.807) is 13.2 Å². The molecule has 0 spiro atoms. The van der Waals surface area contributed by atoms with E-state index in [1.165, 1.54) is 49.4 Å². The van der Waals surface area contributed by atoms with Gasteiger partial charge in [0.1, 0.15) is 23.3 Å². The van der Waals surface area contributed by atoms with E-state index in [0.29, 0.717) is 39.9 Å². The molecule has 1 N–H and O–H groups in total. The van der Waals surface area contributed by atoms with Crippen molar-refractivity contribution in [2.75, 3.05) is 20.3 Å². The van der Waals surface area contributed by atoms with Crippen LogP contribution in [0.2, 0.25) is 0 Å². The van der Waals surface area contributed by atoms with Crippen LogP contribution in [0.15, 0.2) is 47.4 Å². The number of benzene rings is 2. The molecule has 1 heterocycles. The zero-order chi connectivity index (χ0) is 22.3. The molecular formula is C25H27NO4S2. The first-order valence-electron chi connectivity index (χ1n) is 10.9. The normalized spacial score (nSPS) is 18.0. The molecule has 7 heteroatoms. The van der Waals surface area contributed by atoms with Crippen LogP contribution in [0.3, 0.4) is 0 Å². The molecule has 0 aromatic heterocycles. The molecule has 1 amide bonds. The number of hydrogen-bond acceptors (Lipinski definition) is 6. The van der Waals surface area contributed by atoms with Crippen molar-refractivity contribution in [1.82, 2.24) is 5.32 Å². The van der Waals surface area contributed by atoms with Gasteiger partial charge in [-0.1, -0.05) is 61.4 Å². The highest BCUT2D eigenvalue weighted by Crippen LogP contribution is 2.34. The topological polar surface area (TPSA) is 56.8 Å². The van der Waals surface area contributed by atoms with E-state index in [9.17, 15) is 4.79 Å². The number of methoxy groups -OCH3 is 1. The van der Waals surface area contributed by atoms with Crippen LogP contribution in [0, 0.1) is 0 Å². The van der Waals surface area contributed by atoms with Gasteiger partial charge in [-0.2, -0.15) is 0 Å². The second-order valence-corrected chi connectivity index (χ2v) is 9.58. The summed E-state index contributed by atoms with van der Waals surface area (Å²) in [5.41, 5.74) is 2.26. The van der Waals surface area contributed by atoms with Crippen LogP contribution in [0.1, 0.15) is 49.1 Å². The van der Waals surface area contributed by atoms with Crippen LogP contribution in [0.4, 0.5) is 0 Å². The summed E-state index contributed by atoms with van der Waals surface area (Å²) in [4.78, 5) is 12.4. The molecular weight excluding hydrogens is 442 g/mol. The van der Waals surface area contributed by atoms with Crippen LogP contribution in [-0.4, -0.2) is 30.6 Å². The van der Waals surface area contributed by atoms with Crippen molar-refractivity contribution in [2.45, 2.75) is 38.0 Å². The molecule has 168 valence electrons. The first-order chi connectivity index (χ1) is 15.6. The molecule has 2 fully saturated rings. The van der Waals surface area contributed by atoms with Gasteiger partial charge in [0.15, 0.2) is 11.5 Å². The third kappa shape index (κ3) is 5.84. The average Bonchev–Trinajstić information content (AvgIpc) is 3.14. The third-order valence-electron chi connectivity index (χ3n) is 5.69. The summed E-state index contributed by atoms with van der Waals surface area (Å²) in [6.45, 7) is 0.833. The minimum Gasteiger partial charge on any atom is -0.493 e. The summed E-state index contributed by atoms with van der Waals surface area (Å²) in [7, 11) is 1.59. The fraction of sp³-hybridized carbons (Fsp3) is 0.360. The van der Waals surface area contributed by atoms with Crippen molar-refractivity contribution in [2.24, 2.45) is 0 Å². The summed E-state index contributed by atoms with van der Waals surface area (Å²) < 4.78 is 17.6. The monoisotopic (exact) mass is 469 g/mol. The predicted octanol–water partition coefficient (Wildman–Crippen LogP) is 5.69. The lowest BCUT2D eigenvalue weighted by molar-refractivity contribution is -0.115. The first kappa shape index (κ1) is 22.7. The molecule has 1 saturated carbocycles. The first-order valence-corrected chi connectivity index (χ1v) is 12.1. The van der Waals surface area contributed by atoms with Crippen LogP contribution in [0.5, 0.6) is 17.2 Å². The van der Waals surface area contributed by atoms with E-state index in [0.717, 1.165) is 11.3 Å². The summed E-state index contributed by atoms with van der Waals surface area (Å²) in [6.07, 6.45) is 8.42. The Morgan fingerprint density at radius 2 is 1.78 bits per heavy atom. The minimum atomic E-state index is -0.178. The van der Waals surface area contributed by atoms with Crippen LogP contribution >= 0.6 is 24.0 Å². The number of amides is 1. The lowest BCUT2D eigenvalue weighted by Gasteiger charge is -2.22. The van der Waals surface area contributed by atoms with E-state index >= 15 is 0 Å². The zero-order valence-corrected chi connectivity index (χ0v) is 19.7. The van der Waals surface area contributed by atoms with Crippen LogP contribution in [0.25, 0.3) is 6.08 Å². The number of ether oxygens (including phenoxy) is 3. The Bertz CT molecular complexity index is 998. The fourth-order valence-electron chi connectivity index (χ4n) is 4.05. The van der Waals surface area contributed by atoms with Gasteiger partial charge in [0, 0.05) is 0 Å². The molecule has 2 aliphatic rings. The Labute approximate surface area is 198 Å². The minimum absolute atomic E-state index is 0.178. The van der Waals surface area contributed by atoms with E-state index < -0.39 is 0 Å². The molecule has 4 rings (SSSR count). The molecule has 0 bridgehead atoms. The lowest BCUT2D eigenvalue weighted by atomic mass is 9.84. The third-order valence-corrected chi connectivity index (χ3v) is 6.86. The predicted molar refractivity (Wildman–Crippen MR) is 133 cm³/mol. The number of carbonyl (C=O) groups is 1. The molecule has 32 heavy (non-hydrogen) atoms. The zero-order valence-electron chi connectivity index (χ0n) is 18.1. The Morgan fingerprint density at radius 3 is 2.47 bits per heavy atom. The van der Waals surface area contributed by atoms with Gasteiger partial charge in [-0.25, -0.2) is 0 Å². The molecule has 5 nitrogen and oxygen atoms in total. The maximum Gasteiger partial charge on any atom is 0.263 e. The standard InChI is InChI=1S/C25H27NO4S2/c1-28-22-15-17(16-23-24(27)26-25(31)32-23)7-12-21(22)30-14-13-29-20-10-8-19(9-11-20)18-5-3-2-4-6-18/h7-12,15-16,18H,2-6,13-14H2,1H3,(H,26,27,31). The van der Waals surface area contributed by atoms with Gasteiger partial charge in [0.2, 0.25) is 0 Å². The fourth-order valence-corrected chi connectivity index (χ4v) is 5.09. The molecule has 1 saturated heterocycles.